The van der Waals surface area contributed by atoms with Gasteiger partial charge in [-0.15, -0.1) is 0 Å². The van der Waals surface area contributed by atoms with E-state index < -0.39 is 5.97 Å². The molecule has 5 rings (SSSR count). The zero-order chi connectivity index (χ0) is 17.8. The predicted molar refractivity (Wildman–Crippen MR) is 97.4 cm³/mol. The number of carboxylic acid groups (broad SMARTS) is 1. The van der Waals surface area contributed by atoms with Crippen LogP contribution < -0.4 is 19.6 Å². The first-order valence-corrected chi connectivity index (χ1v) is 9.49. The summed E-state index contributed by atoms with van der Waals surface area (Å²) in [6.45, 7) is 0.187. The quantitative estimate of drug-likeness (QED) is 0.722. The first-order valence-electron chi connectivity index (χ1n) is 7.88. The minimum absolute atomic E-state index is 0.187. The standard InChI is InChI=1S/C17H11BrN2O5S/c18-15-9-3-2-8-12(13(9)19-20-15)17(26-14(8)16(21)22)25-7-1-4-10-11(5-7)24-6-23-10/h1,4-5H,2-3,6H2,(H,19,20)(H,21,22)/p+1. The first kappa shape index (κ1) is 15.9. The number of hydrogen-bond acceptors (Lipinski definition) is 6. The maximum Gasteiger partial charge on any atom is 0.346 e. The van der Waals surface area contributed by atoms with Crippen molar-refractivity contribution in [2.45, 2.75) is 12.8 Å². The molecule has 0 saturated carbocycles. The van der Waals surface area contributed by atoms with Gasteiger partial charge in [-0.05, 0) is 46.5 Å². The Kier molecular flexibility index (Phi) is 3.56. The smallest absolute Gasteiger partial charge is 0.346 e. The molecule has 3 N–H and O–H groups in total. The fraction of sp³-hybridized carbons (Fsp3) is 0.176. The molecule has 9 heteroatoms. The number of thiophene rings is 1. The van der Waals surface area contributed by atoms with Crippen molar-refractivity contribution in [1.82, 2.24) is 0 Å². The van der Waals surface area contributed by atoms with E-state index in [9.17, 15) is 9.90 Å². The van der Waals surface area contributed by atoms with Gasteiger partial charge in [0.05, 0.1) is 11.1 Å². The Morgan fingerprint density at radius 3 is 3.00 bits per heavy atom. The summed E-state index contributed by atoms with van der Waals surface area (Å²) in [5, 5.41) is 14.5. The van der Waals surface area contributed by atoms with Gasteiger partial charge in [0.1, 0.15) is 10.6 Å². The molecule has 0 atom stereocenters. The second kappa shape index (κ2) is 5.83. The molecular weight excluding hydrogens is 424 g/mol. The SMILES string of the molecule is O=C(O)c1sc(Oc2ccc3c(c2)OCO3)c2c1CCC1=C2[NH2+]N=C1Br. The number of carbonyl (C=O) groups is 1. The van der Waals surface area contributed by atoms with Gasteiger partial charge >= 0.3 is 5.97 Å². The van der Waals surface area contributed by atoms with Crippen LogP contribution in [0.5, 0.6) is 22.3 Å². The molecule has 0 radical (unpaired) electrons. The molecule has 1 aromatic heterocycles. The van der Waals surface area contributed by atoms with Crippen LogP contribution in [0.1, 0.15) is 27.2 Å². The van der Waals surface area contributed by atoms with Gasteiger partial charge in [0, 0.05) is 6.07 Å². The zero-order valence-corrected chi connectivity index (χ0v) is 15.6. The fourth-order valence-corrected chi connectivity index (χ4v) is 4.92. The first-order chi connectivity index (χ1) is 12.6. The number of nitrogens with zero attached hydrogens (tertiary/aromatic N) is 1. The van der Waals surface area contributed by atoms with Gasteiger partial charge in [-0.25, -0.2) is 4.79 Å². The van der Waals surface area contributed by atoms with Gasteiger partial charge in [-0.3, -0.25) is 0 Å². The minimum Gasteiger partial charge on any atom is -0.477 e. The molecule has 132 valence electrons. The molecule has 2 aliphatic heterocycles. The van der Waals surface area contributed by atoms with E-state index in [2.05, 4.69) is 21.0 Å². The van der Waals surface area contributed by atoms with E-state index in [1.807, 2.05) is 0 Å². The average Bonchev–Trinajstić information content (AvgIpc) is 3.32. The third kappa shape index (κ3) is 2.35. The largest absolute Gasteiger partial charge is 0.477 e. The molecule has 3 aliphatic rings. The fourth-order valence-electron chi connectivity index (χ4n) is 3.34. The van der Waals surface area contributed by atoms with E-state index in [1.165, 1.54) is 0 Å². The van der Waals surface area contributed by atoms with E-state index in [1.54, 1.807) is 23.6 Å². The van der Waals surface area contributed by atoms with Crippen molar-refractivity contribution in [3.05, 3.63) is 39.8 Å². The Labute approximate surface area is 160 Å². The highest BCUT2D eigenvalue weighted by Gasteiger charge is 2.37. The van der Waals surface area contributed by atoms with Gasteiger partial charge in [0.2, 0.25) is 6.79 Å². The molecule has 2 aromatic rings. The normalized spacial score (nSPS) is 17.0. The highest BCUT2D eigenvalue weighted by atomic mass is 79.9. The van der Waals surface area contributed by atoms with Gasteiger partial charge in [-0.1, -0.05) is 16.4 Å². The van der Waals surface area contributed by atoms with Gasteiger partial charge in [0.25, 0.3) is 0 Å². The molecule has 0 saturated heterocycles. The third-order valence-electron chi connectivity index (χ3n) is 4.50. The average molecular weight is 436 g/mol. The van der Waals surface area contributed by atoms with E-state index in [0.29, 0.717) is 33.6 Å². The number of nitrogens with two attached hydrogens (primary N) is 1. The Bertz CT molecular complexity index is 1030. The van der Waals surface area contributed by atoms with Crippen LogP contribution in [-0.4, -0.2) is 22.5 Å². The summed E-state index contributed by atoms with van der Waals surface area (Å²) in [5.41, 5.74) is 5.41. The minimum atomic E-state index is -0.936. The second-order valence-electron chi connectivity index (χ2n) is 5.94. The topological polar surface area (TPSA) is 94.0 Å². The van der Waals surface area contributed by atoms with Crippen LogP contribution in [0.2, 0.25) is 0 Å². The number of carboxylic acids is 1. The third-order valence-corrected chi connectivity index (χ3v) is 6.28. The van der Waals surface area contributed by atoms with Gasteiger partial charge in [-0.2, -0.15) is 5.43 Å². The summed E-state index contributed by atoms with van der Waals surface area (Å²) < 4.78 is 17.6. The number of ether oxygens (including phenoxy) is 3. The number of hydrogen-bond donors (Lipinski definition) is 2. The molecule has 26 heavy (non-hydrogen) atoms. The van der Waals surface area contributed by atoms with E-state index >= 15 is 0 Å². The maximum absolute atomic E-state index is 11.7. The van der Waals surface area contributed by atoms with Crippen LogP contribution in [0, 0.1) is 0 Å². The van der Waals surface area contributed by atoms with Crippen LogP contribution in [0.3, 0.4) is 0 Å². The maximum atomic E-state index is 11.7. The van der Waals surface area contributed by atoms with Crippen molar-refractivity contribution in [2.75, 3.05) is 6.79 Å². The molecule has 0 spiro atoms. The van der Waals surface area contributed by atoms with Crippen LogP contribution >= 0.6 is 27.3 Å². The van der Waals surface area contributed by atoms with Crippen molar-refractivity contribution in [3.8, 4) is 22.3 Å². The Hall–Kier alpha value is -2.36. The number of halogens is 1. The van der Waals surface area contributed by atoms with Crippen LogP contribution in [-0.2, 0) is 6.42 Å². The second-order valence-corrected chi connectivity index (χ2v) is 7.67. The molecule has 3 heterocycles. The molecule has 1 aromatic carbocycles. The number of fused-ring (bicyclic) bond motifs is 3. The van der Waals surface area contributed by atoms with Crippen molar-refractivity contribution in [3.63, 3.8) is 0 Å². The lowest BCUT2D eigenvalue weighted by molar-refractivity contribution is -0.565. The van der Waals surface area contributed by atoms with Crippen LogP contribution in [0.25, 0.3) is 5.70 Å². The highest BCUT2D eigenvalue weighted by Crippen LogP contribution is 2.47. The lowest BCUT2D eigenvalue weighted by Crippen LogP contribution is -2.73. The van der Waals surface area contributed by atoms with Crippen molar-refractivity contribution >= 4 is 43.6 Å². The molecule has 0 fully saturated rings. The zero-order valence-electron chi connectivity index (χ0n) is 13.2. The predicted octanol–water partition coefficient (Wildman–Crippen LogP) is 2.91. The van der Waals surface area contributed by atoms with E-state index in [4.69, 9.17) is 14.2 Å². The van der Waals surface area contributed by atoms with Crippen molar-refractivity contribution in [1.29, 1.82) is 0 Å². The van der Waals surface area contributed by atoms with Crippen molar-refractivity contribution in [2.24, 2.45) is 5.10 Å². The number of allylic oxidation sites excluding steroid dienone is 1. The van der Waals surface area contributed by atoms with Crippen LogP contribution in [0.15, 0.2) is 28.9 Å². The lowest BCUT2D eigenvalue weighted by Gasteiger charge is -2.13. The summed E-state index contributed by atoms with van der Waals surface area (Å²) in [7, 11) is 0. The lowest BCUT2D eigenvalue weighted by atomic mass is 9.91. The van der Waals surface area contributed by atoms with E-state index in [-0.39, 0.29) is 6.79 Å². The molecule has 7 nitrogen and oxygen atoms in total. The molecule has 1 aliphatic carbocycles. The summed E-state index contributed by atoms with van der Waals surface area (Å²) in [6.07, 6.45) is 1.40. The summed E-state index contributed by atoms with van der Waals surface area (Å²) in [5.74, 6) is 0.919. The number of rotatable bonds is 3. The summed E-state index contributed by atoms with van der Waals surface area (Å²) in [4.78, 5) is 12.0. The van der Waals surface area contributed by atoms with Gasteiger partial charge in [0.15, 0.2) is 26.9 Å². The number of aromatic carboxylic acids is 1. The van der Waals surface area contributed by atoms with Gasteiger partial charge < -0.3 is 19.3 Å². The number of benzene rings is 1. The summed E-state index contributed by atoms with van der Waals surface area (Å²) >= 11 is 4.62. The van der Waals surface area contributed by atoms with Crippen LogP contribution in [0.4, 0.5) is 0 Å². The molecule has 0 unspecified atom stereocenters. The van der Waals surface area contributed by atoms with E-state index in [0.717, 1.165) is 44.8 Å². The Balaban J connectivity index is 1.60. The monoisotopic (exact) mass is 435 g/mol. The Morgan fingerprint density at radius 1 is 1.31 bits per heavy atom. The molecular formula is C17H12BrN2O5S+. The van der Waals surface area contributed by atoms with Crippen molar-refractivity contribution < 1.29 is 29.5 Å². The molecule has 0 amide bonds. The molecule has 0 bridgehead atoms. The highest BCUT2D eigenvalue weighted by molar-refractivity contribution is 9.18. The number of quaternary nitrogens is 1. The Morgan fingerprint density at radius 2 is 2.15 bits per heavy atom. The summed E-state index contributed by atoms with van der Waals surface area (Å²) in [6, 6.07) is 5.31.